The van der Waals surface area contributed by atoms with Crippen molar-refractivity contribution in [1.29, 1.82) is 0 Å². The molecular weight excluding hydrogens is 262 g/mol. The van der Waals surface area contributed by atoms with E-state index in [-0.39, 0.29) is 0 Å². The van der Waals surface area contributed by atoms with Gasteiger partial charge in [-0.1, -0.05) is 30.3 Å². The molecule has 2 rings (SSSR count). The van der Waals surface area contributed by atoms with Crippen LogP contribution in [0.4, 0.5) is 5.69 Å². The summed E-state index contributed by atoms with van der Waals surface area (Å²) in [5, 5.41) is 8.29. The quantitative estimate of drug-likeness (QED) is 0.377. The highest BCUT2D eigenvalue weighted by Crippen LogP contribution is 2.22. The van der Waals surface area contributed by atoms with Crippen molar-refractivity contribution in [3.8, 4) is 0 Å². The summed E-state index contributed by atoms with van der Waals surface area (Å²) >= 11 is 1.03. The minimum absolute atomic E-state index is 0.571. The summed E-state index contributed by atoms with van der Waals surface area (Å²) < 4.78 is 4.54. The molecule has 0 radical (unpaired) electrons. The second-order valence-corrected chi connectivity index (χ2v) is 4.40. The Labute approximate surface area is 115 Å². The maximum Gasteiger partial charge on any atom is 0.0853 e. The minimum Gasteiger partial charge on any atom is -0.184 e. The fourth-order valence-corrected chi connectivity index (χ4v) is 1.77. The van der Waals surface area contributed by atoms with Crippen molar-refractivity contribution >= 4 is 17.7 Å². The topological polar surface area (TPSA) is 69.2 Å². The van der Waals surface area contributed by atoms with Crippen LogP contribution in [0.1, 0.15) is 5.56 Å². The number of benzene rings is 2. The molecule has 98 valence electrons. The third kappa shape index (κ3) is 4.80. The van der Waals surface area contributed by atoms with Crippen LogP contribution >= 0.6 is 12.0 Å². The molecule has 19 heavy (non-hydrogen) atoms. The zero-order valence-electron chi connectivity index (χ0n) is 10.1. The van der Waals surface area contributed by atoms with Gasteiger partial charge in [-0.2, -0.15) is 16.1 Å². The molecule has 2 aromatic carbocycles. The SMILES string of the molecule is NOOSc1ccc(N=NCc2ccccc2)cc1. The van der Waals surface area contributed by atoms with Crippen molar-refractivity contribution in [2.75, 3.05) is 0 Å². The van der Waals surface area contributed by atoms with Gasteiger partial charge in [0.15, 0.2) is 0 Å². The maximum absolute atomic E-state index is 4.75. The van der Waals surface area contributed by atoms with Crippen LogP contribution < -0.4 is 5.90 Å². The Hall–Kier alpha value is -1.73. The molecule has 2 N–H and O–H groups in total. The molecule has 2 aromatic rings. The fourth-order valence-electron chi connectivity index (χ4n) is 1.41. The summed E-state index contributed by atoms with van der Waals surface area (Å²) in [6.45, 7) is 0.571. The first kappa shape index (κ1) is 13.7. The van der Waals surface area contributed by atoms with Gasteiger partial charge in [0.25, 0.3) is 0 Å². The molecule has 0 saturated heterocycles. The molecule has 0 amide bonds. The van der Waals surface area contributed by atoms with Gasteiger partial charge in [0.05, 0.1) is 24.3 Å². The van der Waals surface area contributed by atoms with Gasteiger partial charge >= 0.3 is 0 Å². The average Bonchev–Trinajstić information content (AvgIpc) is 2.47. The first-order valence-corrected chi connectivity index (χ1v) is 6.34. The predicted molar refractivity (Wildman–Crippen MR) is 73.3 cm³/mol. The molecule has 0 saturated carbocycles. The van der Waals surface area contributed by atoms with Crippen molar-refractivity contribution < 1.29 is 9.32 Å². The lowest BCUT2D eigenvalue weighted by Gasteiger charge is -1.98. The highest BCUT2D eigenvalue weighted by Gasteiger charge is 1.96. The van der Waals surface area contributed by atoms with Crippen molar-refractivity contribution in [1.82, 2.24) is 0 Å². The Morgan fingerprint density at radius 2 is 1.74 bits per heavy atom. The molecule has 0 fully saturated rings. The summed E-state index contributed by atoms with van der Waals surface area (Å²) in [6, 6.07) is 17.4. The monoisotopic (exact) mass is 275 g/mol. The highest BCUT2D eigenvalue weighted by molar-refractivity contribution is 7.94. The zero-order valence-corrected chi connectivity index (χ0v) is 10.9. The van der Waals surface area contributed by atoms with Crippen molar-refractivity contribution in [2.24, 2.45) is 16.1 Å². The lowest BCUT2D eigenvalue weighted by molar-refractivity contribution is -0.195. The van der Waals surface area contributed by atoms with E-state index < -0.39 is 0 Å². The van der Waals surface area contributed by atoms with Crippen molar-refractivity contribution in [3.05, 3.63) is 60.2 Å². The van der Waals surface area contributed by atoms with E-state index in [4.69, 9.17) is 5.90 Å². The van der Waals surface area contributed by atoms with Gasteiger partial charge in [-0.05, 0) is 29.8 Å². The Kier molecular flexibility index (Phi) is 5.51. The van der Waals surface area contributed by atoms with E-state index in [1.807, 2.05) is 54.6 Å². The van der Waals surface area contributed by atoms with Crippen LogP contribution in [0.3, 0.4) is 0 Å². The van der Waals surface area contributed by atoms with Crippen LogP contribution in [0.25, 0.3) is 0 Å². The average molecular weight is 275 g/mol. The summed E-state index contributed by atoms with van der Waals surface area (Å²) in [5.74, 6) is 4.75. The Bertz CT molecular complexity index is 517. The van der Waals surface area contributed by atoms with Gasteiger partial charge < -0.3 is 0 Å². The van der Waals surface area contributed by atoms with Crippen LogP contribution in [0, 0.1) is 0 Å². The molecule has 6 heteroatoms. The van der Waals surface area contributed by atoms with Crippen LogP contribution in [0.15, 0.2) is 69.7 Å². The molecule has 0 spiro atoms. The van der Waals surface area contributed by atoms with Gasteiger partial charge in [0.2, 0.25) is 0 Å². The molecule has 5 nitrogen and oxygen atoms in total. The van der Waals surface area contributed by atoms with E-state index in [1.165, 1.54) is 0 Å². The van der Waals surface area contributed by atoms with Gasteiger partial charge in [0, 0.05) is 4.90 Å². The summed E-state index contributed by atoms with van der Waals surface area (Å²) in [7, 11) is 0. The summed E-state index contributed by atoms with van der Waals surface area (Å²) in [4.78, 5) is 4.88. The second kappa shape index (κ2) is 7.65. The van der Waals surface area contributed by atoms with E-state index in [0.29, 0.717) is 6.54 Å². The van der Waals surface area contributed by atoms with E-state index in [9.17, 15) is 0 Å². The maximum atomic E-state index is 4.75. The van der Waals surface area contributed by atoms with E-state index in [2.05, 4.69) is 19.6 Å². The summed E-state index contributed by atoms with van der Waals surface area (Å²) in [6.07, 6.45) is 0. The van der Waals surface area contributed by atoms with Crippen LogP contribution in [-0.2, 0) is 15.9 Å². The number of nitrogens with two attached hydrogens (primary N) is 1. The largest absolute Gasteiger partial charge is 0.184 e. The first-order valence-electron chi connectivity index (χ1n) is 5.60. The molecule has 0 aliphatic heterocycles. The Morgan fingerprint density at radius 1 is 1.00 bits per heavy atom. The minimum atomic E-state index is 0.571. The first-order chi connectivity index (χ1) is 9.38. The second-order valence-electron chi connectivity index (χ2n) is 3.63. The predicted octanol–water partition coefficient (Wildman–Crippen LogP) is 3.80. The van der Waals surface area contributed by atoms with E-state index >= 15 is 0 Å². The number of rotatable bonds is 6. The molecule has 0 bridgehead atoms. The van der Waals surface area contributed by atoms with Gasteiger partial charge in [0.1, 0.15) is 0 Å². The zero-order chi connectivity index (χ0) is 13.3. The molecule has 0 atom stereocenters. The molecule has 0 unspecified atom stereocenters. The highest BCUT2D eigenvalue weighted by atomic mass is 32.2. The van der Waals surface area contributed by atoms with Crippen LogP contribution in [-0.4, -0.2) is 0 Å². The van der Waals surface area contributed by atoms with Gasteiger partial charge in [-0.25, -0.2) is 0 Å². The number of nitrogens with zero attached hydrogens (tertiary/aromatic N) is 2. The summed E-state index contributed by atoms with van der Waals surface area (Å²) in [5.41, 5.74) is 1.92. The van der Waals surface area contributed by atoms with Crippen molar-refractivity contribution in [3.63, 3.8) is 0 Å². The molecule has 0 aliphatic rings. The van der Waals surface area contributed by atoms with Crippen molar-refractivity contribution in [2.45, 2.75) is 11.4 Å². The third-order valence-corrected chi connectivity index (χ3v) is 2.90. The third-order valence-electron chi connectivity index (χ3n) is 2.29. The Morgan fingerprint density at radius 3 is 2.42 bits per heavy atom. The van der Waals surface area contributed by atoms with E-state index in [1.54, 1.807) is 0 Å². The standard InChI is InChI=1S/C13H13N3O2S/c14-17-18-19-13-8-6-12(7-9-13)16-15-10-11-4-2-1-3-5-11/h1-9H,10,14H2. The van der Waals surface area contributed by atoms with Gasteiger partial charge in [-0.15, -0.1) is 9.32 Å². The number of hydrogen-bond donors (Lipinski definition) is 1. The Balaban J connectivity index is 1.88. The van der Waals surface area contributed by atoms with Crippen LogP contribution in [0.2, 0.25) is 0 Å². The lowest BCUT2D eigenvalue weighted by atomic mass is 10.2. The molecule has 0 aromatic heterocycles. The smallest absolute Gasteiger partial charge is 0.0853 e. The molecule has 0 aliphatic carbocycles. The fraction of sp³-hybridized carbons (Fsp3) is 0.0769. The normalized spacial score (nSPS) is 11.0. The van der Waals surface area contributed by atoms with Gasteiger partial charge in [-0.3, -0.25) is 0 Å². The lowest BCUT2D eigenvalue weighted by Crippen LogP contribution is -1.93. The molecule has 0 heterocycles. The molecular formula is C13H13N3O2S. The van der Waals surface area contributed by atoms with Crippen LogP contribution in [0.5, 0.6) is 0 Å². The number of hydrogen-bond acceptors (Lipinski definition) is 6. The number of azo groups is 1. The van der Waals surface area contributed by atoms with E-state index in [0.717, 1.165) is 28.2 Å².